The third kappa shape index (κ3) is 17.2. The molecule has 0 rings (SSSR count). The number of hydrogen-bond donors (Lipinski definition) is 0. The average Bonchev–Trinajstić information content (AvgIpc) is 2.63. The molecule has 0 aromatic rings. The van der Waals surface area contributed by atoms with Gasteiger partial charge in [-0.1, -0.05) is 81.0 Å². The molecule has 0 spiro atoms. The van der Waals surface area contributed by atoms with E-state index < -0.39 is 0 Å². The lowest BCUT2D eigenvalue weighted by Gasteiger charge is -2.09. The van der Waals surface area contributed by atoms with E-state index in [1.165, 1.54) is 6.42 Å². The molecule has 0 fully saturated rings. The Labute approximate surface area is 162 Å². The molecule has 0 N–H and O–H groups in total. The molecule has 0 radical (unpaired) electrons. The summed E-state index contributed by atoms with van der Waals surface area (Å²) in [7, 11) is 0. The molecule has 26 heavy (non-hydrogen) atoms. The predicted molar refractivity (Wildman–Crippen MR) is 117 cm³/mol. The van der Waals surface area contributed by atoms with E-state index in [2.05, 4.69) is 74.6 Å². The van der Waals surface area contributed by atoms with Gasteiger partial charge in [0, 0.05) is 5.92 Å². The van der Waals surface area contributed by atoms with Crippen LogP contribution in [0.4, 0.5) is 0 Å². The van der Waals surface area contributed by atoms with Gasteiger partial charge in [0.05, 0.1) is 0 Å². The summed E-state index contributed by atoms with van der Waals surface area (Å²) in [4.78, 5) is 11.4. The van der Waals surface area contributed by atoms with E-state index in [0.717, 1.165) is 57.8 Å². The fraction of sp³-hybridized carbons (Fsp3) is 0.560. The normalized spacial score (nSPS) is 14.0. The first-order chi connectivity index (χ1) is 12.7. The van der Waals surface area contributed by atoms with Crippen LogP contribution in [0.5, 0.6) is 0 Å². The summed E-state index contributed by atoms with van der Waals surface area (Å²) in [5.41, 5.74) is 0. The Balaban J connectivity index is 3.54. The number of carbonyl (C=O) groups is 1. The van der Waals surface area contributed by atoms with Crippen LogP contribution in [0.1, 0.15) is 85.0 Å². The Morgan fingerprint density at radius 3 is 1.58 bits per heavy atom. The SMILES string of the molecule is CC/C=C\C/C=C\C/C=C\C/C=C\C/C=C\CCCCC(CC)C(C)=O. The van der Waals surface area contributed by atoms with Gasteiger partial charge < -0.3 is 0 Å². The zero-order valence-corrected chi connectivity index (χ0v) is 17.3. The van der Waals surface area contributed by atoms with Crippen LogP contribution in [0, 0.1) is 5.92 Å². The minimum absolute atomic E-state index is 0.281. The van der Waals surface area contributed by atoms with Gasteiger partial charge in [-0.15, -0.1) is 0 Å². The molecule has 0 aliphatic heterocycles. The molecule has 0 aromatic carbocycles. The van der Waals surface area contributed by atoms with Crippen molar-refractivity contribution >= 4 is 5.78 Å². The Hall–Kier alpha value is -1.63. The van der Waals surface area contributed by atoms with Crippen molar-refractivity contribution in [3.05, 3.63) is 60.8 Å². The van der Waals surface area contributed by atoms with Crippen molar-refractivity contribution in [1.29, 1.82) is 0 Å². The van der Waals surface area contributed by atoms with Crippen LogP contribution in [-0.2, 0) is 4.79 Å². The Bertz CT molecular complexity index is 463. The maximum atomic E-state index is 11.4. The molecule has 1 heteroatoms. The van der Waals surface area contributed by atoms with E-state index >= 15 is 0 Å². The molecule has 0 amide bonds. The lowest BCUT2D eigenvalue weighted by Crippen LogP contribution is -2.09. The summed E-state index contributed by atoms with van der Waals surface area (Å²) in [6.45, 7) is 5.99. The summed E-state index contributed by atoms with van der Waals surface area (Å²) >= 11 is 0. The number of hydrogen-bond acceptors (Lipinski definition) is 1. The molecular weight excluding hydrogens is 316 g/mol. The monoisotopic (exact) mass is 356 g/mol. The van der Waals surface area contributed by atoms with Crippen LogP contribution in [-0.4, -0.2) is 5.78 Å². The Morgan fingerprint density at radius 2 is 1.15 bits per heavy atom. The minimum Gasteiger partial charge on any atom is -0.300 e. The van der Waals surface area contributed by atoms with Crippen molar-refractivity contribution in [1.82, 2.24) is 0 Å². The van der Waals surface area contributed by atoms with Gasteiger partial charge >= 0.3 is 0 Å². The summed E-state index contributed by atoms with van der Waals surface area (Å²) in [5.74, 6) is 0.630. The second kappa shape index (κ2) is 19.7. The highest BCUT2D eigenvalue weighted by Crippen LogP contribution is 2.14. The second-order valence-corrected chi connectivity index (χ2v) is 6.71. The number of allylic oxidation sites excluding steroid dienone is 10. The van der Waals surface area contributed by atoms with Gasteiger partial charge in [0.25, 0.3) is 0 Å². The quantitative estimate of drug-likeness (QED) is 0.203. The zero-order valence-electron chi connectivity index (χ0n) is 17.3. The highest BCUT2D eigenvalue weighted by molar-refractivity contribution is 5.78. The highest BCUT2D eigenvalue weighted by atomic mass is 16.1. The lowest BCUT2D eigenvalue weighted by atomic mass is 9.95. The van der Waals surface area contributed by atoms with E-state index in [-0.39, 0.29) is 5.92 Å². The van der Waals surface area contributed by atoms with Crippen LogP contribution < -0.4 is 0 Å². The predicted octanol–water partition coefficient (Wildman–Crippen LogP) is 7.91. The van der Waals surface area contributed by atoms with Crippen LogP contribution >= 0.6 is 0 Å². The van der Waals surface area contributed by atoms with Gasteiger partial charge in [-0.2, -0.15) is 0 Å². The average molecular weight is 357 g/mol. The first-order valence-electron chi connectivity index (χ1n) is 10.5. The second-order valence-electron chi connectivity index (χ2n) is 6.71. The molecule has 0 aliphatic rings. The summed E-state index contributed by atoms with van der Waals surface area (Å²) in [6.07, 6.45) is 33.0. The molecule has 1 atom stereocenters. The molecule has 0 heterocycles. The molecule has 0 saturated heterocycles. The first-order valence-corrected chi connectivity index (χ1v) is 10.5. The number of carbonyl (C=O) groups excluding carboxylic acids is 1. The van der Waals surface area contributed by atoms with Crippen molar-refractivity contribution in [2.75, 3.05) is 0 Å². The summed E-state index contributed by atoms with van der Waals surface area (Å²) in [6, 6.07) is 0. The van der Waals surface area contributed by atoms with Crippen molar-refractivity contribution < 1.29 is 4.79 Å². The van der Waals surface area contributed by atoms with Crippen molar-refractivity contribution in [3.63, 3.8) is 0 Å². The van der Waals surface area contributed by atoms with Crippen molar-refractivity contribution in [3.8, 4) is 0 Å². The van der Waals surface area contributed by atoms with Crippen LogP contribution in [0.25, 0.3) is 0 Å². The van der Waals surface area contributed by atoms with E-state index in [9.17, 15) is 4.79 Å². The van der Waals surface area contributed by atoms with Crippen LogP contribution in [0.3, 0.4) is 0 Å². The smallest absolute Gasteiger partial charge is 0.132 e. The minimum atomic E-state index is 0.281. The number of Topliss-reactive ketones (excluding diaryl/α,β-unsaturated/α-hetero) is 1. The van der Waals surface area contributed by atoms with Gasteiger partial charge in [-0.25, -0.2) is 0 Å². The van der Waals surface area contributed by atoms with Crippen molar-refractivity contribution in [2.45, 2.75) is 85.0 Å². The molecule has 0 bridgehead atoms. The zero-order chi connectivity index (χ0) is 19.3. The largest absolute Gasteiger partial charge is 0.300 e. The molecule has 1 nitrogen and oxygen atoms in total. The third-order valence-corrected chi connectivity index (χ3v) is 4.40. The number of rotatable bonds is 16. The molecule has 0 saturated carbocycles. The molecule has 146 valence electrons. The maximum Gasteiger partial charge on any atom is 0.132 e. The van der Waals surface area contributed by atoms with Gasteiger partial charge in [0.1, 0.15) is 5.78 Å². The van der Waals surface area contributed by atoms with E-state index in [4.69, 9.17) is 0 Å². The first kappa shape index (κ1) is 24.4. The lowest BCUT2D eigenvalue weighted by molar-refractivity contribution is -0.121. The number of unbranched alkanes of at least 4 members (excludes halogenated alkanes) is 2. The highest BCUT2D eigenvalue weighted by Gasteiger charge is 2.10. The Kier molecular flexibility index (Phi) is 18.5. The van der Waals surface area contributed by atoms with Gasteiger partial charge in [0.2, 0.25) is 0 Å². The molecule has 0 aliphatic carbocycles. The van der Waals surface area contributed by atoms with Crippen LogP contribution in [0.2, 0.25) is 0 Å². The Morgan fingerprint density at radius 1 is 0.692 bits per heavy atom. The van der Waals surface area contributed by atoms with Crippen molar-refractivity contribution in [2.24, 2.45) is 5.92 Å². The van der Waals surface area contributed by atoms with Gasteiger partial charge in [-0.3, -0.25) is 4.79 Å². The van der Waals surface area contributed by atoms with E-state index in [0.29, 0.717) is 5.78 Å². The van der Waals surface area contributed by atoms with Gasteiger partial charge in [-0.05, 0) is 64.7 Å². The van der Waals surface area contributed by atoms with Gasteiger partial charge in [0.15, 0.2) is 0 Å². The van der Waals surface area contributed by atoms with E-state index in [1.54, 1.807) is 6.92 Å². The molecule has 1 unspecified atom stereocenters. The molecule has 0 aromatic heterocycles. The maximum absolute atomic E-state index is 11.4. The summed E-state index contributed by atoms with van der Waals surface area (Å²) in [5, 5.41) is 0. The molecular formula is C25H40O. The fourth-order valence-corrected chi connectivity index (χ4v) is 2.72. The summed E-state index contributed by atoms with van der Waals surface area (Å²) < 4.78 is 0. The third-order valence-electron chi connectivity index (χ3n) is 4.40. The topological polar surface area (TPSA) is 17.1 Å². The standard InChI is InChI=1S/C25H40O/c1-4-6-7-8-9-10-11-12-13-14-15-16-17-18-19-20-21-22-23-25(5-2)24(3)26/h6-7,9-10,12-13,15-16,18-19,25H,4-5,8,11,14,17,20-23H2,1-3H3/b7-6-,10-9-,13-12-,16-15-,19-18-. The van der Waals surface area contributed by atoms with Crippen LogP contribution in [0.15, 0.2) is 60.8 Å². The fourth-order valence-electron chi connectivity index (χ4n) is 2.72. The van der Waals surface area contributed by atoms with E-state index in [1.807, 2.05) is 0 Å². The number of ketones is 1.